The van der Waals surface area contributed by atoms with Gasteiger partial charge in [-0.3, -0.25) is 9.59 Å². The maximum Gasteiger partial charge on any atom is 0.335 e. The number of piperidine rings is 1. The van der Waals surface area contributed by atoms with Gasteiger partial charge >= 0.3 is 5.97 Å². The van der Waals surface area contributed by atoms with Crippen LogP contribution in [0.2, 0.25) is 5.02 Å². The zero-order chi connectivity index (χ0) is 21.3. The van der Waals surface area contributed by atoms with Gasteiger partial charge in [0.25, 0.3) is 11.5 Å². The number of amides is 1. The molecule has 2 aromatic heterocycles. The first kappa shape index (κ1) is 19.8. The Morgan fingerprint density at radius 1 is 1.17 bits per heavy atom. The van der Waals surface area contributed by atoms with Gasteiger partial charge in [0.1, 0.15) is 11.2 Å². The quantitative estimate of drug-likeness (QED) is 0.583. The number of nitrogens with one attached hydrogen (secondary N) is 2. The molecule has 0 saturated carbocycles. The van der Waals surface area contributed by atoms with Gasteiger partial charge in [0.2, 0.25) is 5.95 Å². The molecule has 0 aliphatic carbocycles. The molecular weight excluding hydrogens is 410 g/mol. The van der Waals surface area contributed by atoms with Gasteiger partial charge in [-0.05, 0) is 43.5 Å². The number of H-pyrrole nitrogens is 1. The second-order valence-electron chi connectivity index (χ2n) is 6.99. The van der Waals surface area contributed by atoms with E-state index >= 15 is 0 Å². The van der Waals surface area contributed by atoms with E-state index < -0.39 is 17.4 Å². The molecule has 3 heterocycles. The molecule has 1 saturated heterocycles. The molecule has 9 nitrogen and oxygen atoms in total. The number of benzene rings is 1. The predicted octanol–water partition coefficient (Wildman–Crippen LogP) is 2.91. The van der Waals surface area contributed by atoms with Crippen LogP contribution >= 0.6 is 11.6 Å². The van der Waals surface area contributed by atoms with Gasteiger partial charge in [-0.25, -0.2) is 9.78 Å². The zero-order valence-corrected chi connectivity index (χ0v) is 16.6. The number of carboxylic acids is 1. The smallest absolute Gasteiger partial charge is 0.335 e. The van der Waals surface area contributed by atoms with Gasteiger partial charge in [-0.15, -0.1) is 0 Å². The summed E-state index contributed by atoms with van der Waals surface area (Å²) in [7, 11) is 0. The second kappa shape index (κ2) is 8.11. The van der Waals surface area contributed by atoms with Crippen LogP contribution in [-0.4, -0.2) is 45.0 Å². The Morgan fingerprint density at radius 3 is 2.67 bits per heavy atom. The van der Waals surface area contributed by atoms with Gasteiger partial charge in [-0.2, -0.15) is 4.98 Å². The first-order valence-corrected chi connectivity index (χ1v) is 9.79. The summed E-state index contributed by atoms with van der Waals surface area (Å²) in [6, 6.07) is 5.31. The van der Waals surface area contributed by atoms with Crippen molar-refractivity contribution >= 4 is 46.1 Å². The molecule has 0 radical (unpaired) electrons. The lowest BCUT2D eigenvalue weighted by Gasteiger charge is -2.26. The van der Waals surface area contributed by atoms with Crippen LogP contribution in [0.4, 0.5) is 11.6 Å². The number of carbonyl (C=O) groups excluding carboxylic acids is 1. The molecular formula is C20H18ClN5O4. The highest BCUT2D eigenvalue weighted by Gasteiger charge is 2.18. The molecule has 3 N–H and O–H groups in total. The van der Waals surface area contributed by atoms with E-state index in [1.165, 1.54) is 30.7 Å². The predicted molar refractivity (Wildman–Crippen MR) is 113 cm³/mol. The number of hydrogen-bond acceptors (Lipinski definition) is 6. The van der Waals surface area contributed by atoms with Crippen molar-refractivity contribution in [1.82, 2.24) is 15.0 Å². The van der Waals surface area contributed by atoms with Crippen LogP contribution < -0.4 is 15.8 Å². The summed E-state index contributed by atoms with van der Waals surface area (Å²) in [5.74, 6) is -1.33. The molecule has 4 rings (SSSR count). The average molecular weight is 428 g/mol. The van der Waals surface area contributed by atoms with Gasteiger partial charge in [-0.1, -0.05) is 11.6 Å². The maximum atomic E-state index is 12.6. The third-order valence-corrected chi connectivity index (χ3v) is 5.26. The number of carbonyl (C=O) groups is 2. The second-order valence-corrected chi connectivity index (χ2v) is 7.39. The molecule has 154 valence electrons. The van der Waals surface area contributed by atoms with Crippen molar-refractivity contribution < 1.29 is 14.7 Å². The topological polar surface area (TPSA) is 128 Å². The Bertz CT molecular complexity index is 1200. The maximum absolute atomic E-state index is 12.6. The lowest BCUT2D eigenvalue weighted by molar-refractivity contribution is 0.0696. The fourth-order valence-electron chi connectivity index (χ4n) is 3.34. The monoisotopic (exact) mass is 427 g/mol. The zero-order valence-electron chi connectivity index (χ0n) is 15.8. The molecule has 0 atom stereocenters. The lowest BCUT2D eigenvalue weighted by Crippen LogP contribution is -2.31. The highest BCUT2D eigenvalue weighted by Crippen LogP contribution is 2.24. The lowest BCUT2D eigenvalue weighted by atomic mass is 10.1. The highest BCUT2D eigenvalue weighted by molar-refractivity contribution is 6.34. The molecule has 0 spiro atoms. The summed E-state index contributed by atoms with van der Waals surface area (Å²) in [4.78, 5) is 49.8. The largest absolute Gasteiger partial charge is 0.478 e. The molecule has 1 aromatic carbocycles. The third-order valence-electron chi connectivity index (χ3n) is 4.93. The molecule has 1 aliphatic rings. The van der Waals surface area contributed by atoms with E-state index in [1.54, 1.807) is 6.20 Å². The van der Waals surface area contributed by atoms with Crippen molar-refractivity contribution in [2.24, 2.45) is 0 Å². The highest BCUT2D eigenvalue weighted by atomic mass is 35.5. The van der Waals surface area contributed by atoms with Crippen LogP contribution in [0, 0.1) is 0 Å². The van der Waals surface area contributed by atoms with Gasteiger partial charge in [0, 0.05) is 24.7 Å². The summed E-state index contributed by atoms with van der Waals surface area (Å²) in [6.07, 6.45) is 4.89. The SMILES string of the molecule is O=C(O)c1ccc(Cl)c(NC(=O)c2cc3cnc(N4CCCCC4)nc3[nH]c2=O)c1. The first-order valence-electron chi connectivity index (χ1n) is 9.41. The van der Waals surface area contributed by atoms with E-state index in [-0.39, 0.29) is 21.8 Å². The summed E-state index contributed by atoms with van der Waals surface area (Å²) < 4.78 is 0. The Morgan fingerprint density at radius 2 is 1.93 bits per heavy atom. The van der Waals surface area contributed by atoms with E-state index in [4.69, 9.17) is 16.7 Å². The summed E-state index contributed by atoms with van der Waals surface area (Å²) in [5, 5.41) is 12.2. The van der Waals surface area contributed by atoms with Gasteiger partial charge in [0.05, 0.1) is 16.3 Å². The van der Waals surface area contributed by atoms with E-state index in [1.807, 2.05) is 0 Å². The summed E-state index contributed by atoms with van der Waals surface area (Å²) in [6.45, 7) is 1.73. The van der Waals surface area contributed by atoms with E-state index in [9.17, 15) is 14.4 Å². The molecule has 30 heavy (non-hydrogen) atoms. The van der Waals surface area contributed by atoms with E-state index in [2.05, 4.69) is 25.2 Å². The Hall–Kier alpha value is -3.46. The number of hydrogen-bond donors (Lipinski definition) is 3. The summed E-state index contributed by atoms with van der Waals surface area (Å²) >= 11 is 6.04. The number of halogens is 1. The Labute approximate surface area is 175 Å². The minimum atomic E-state index is -1.16. The average Bonchev–Trinajstić information content (AvgIpc) is 2.74. The van der Waals surface area contributed by atoms with Crippen molar-refractivity contribution in [3.05, 3.63) is 57.0 Å². The molecule has 0 bridgehead atoms. The van der Waals surface area contributed by atoms with Crippen LogP contribution in [0.15, 0.2) is 35.3 Å². The molecule has 3 aromatic rings. The number of anilines is 2. The van der Waals surface area contributed by atoms with E-state index in [0.29, 0.717) is 17.0 Å². The first-order chi connectivity index (χ1) is 14.4. The molecule has 10 heteroatoms. The number of aromatic nitrogens is 3. The molecule has 1 amide bonds. The van der Waals surface area contributed by atoms with Crippen molar-refractivity contribution in [2.75, 3.05) is 23.3 Å². The minimum absolute atomic E-state index is 0.0410. The number of rotatable bonds is 4. The number of pyridine rings is 1. The summed E-state index contributed by atoms with van der Waals surface area (Å²) in [5.41, 5.74) is -0.376. The Kier molecular flexibility index (Phi) is 5.37. The molecule has 1 fully saturated rings. The fraction of sp³-hybridized carbons (Fsp3) is 0.250. The third kappa shape index (κ3) is 3.97. The number of aromatic carboxylic acids is 1. The fourth-order valence-corrected chi connectivity index (χ4v) is 3.51. The van der Waals surface area contributed by atoms with Crippen LogP contribution in [0.1, 0.15) is 40.0 Å². The van der Waals surface area contributed by atoms with Crippen LogP contribution in [0.5, 0.6) is 0 Å². The van der Waals surface area contributed by atoms with Crippen LogP contribution in [0.25, 0.3) is 11.0 Å². The standard InChI is InChI=1S/C20H18ClN5O4/c21-14-5-4-11(19(29)30)9-15(14)23-17(27)13-8-12-10-22-20(25-16(12)24-18(13)28)26-6-2-1-3-7-26/h4-5,8-10H,1-3,6-7H2,(H,23,27)(H,29,30)(H,22,24,25,28). The Balaban J connectivity index is 1.63. The van der Waals surface area contributed by atoms with E-state index in [0.717, 1.165) is 25.9 Å². The van der Waals surface area contributed by atoms with Crippen LogP contribution in [0.3, 0.4) is 0 Å². The number of fused-ring (bicyclic) bond motifs is 1. The van der Waals surface area contributed by atoms with Gasteiger partial charge < -0.3 is 20.3 Å². The molecule has 1 aliphatic heterocycles. The van der Waals surface area contributed by atoms with Crippen molar-refractivity contribution in [3.8, 4) is 0 Å². The van der Waals surface area contributed by atoms with Crippen molar-refractivity contribution in [1.29, 1.82) is 0 Å². The normalized spacial score (nSPS) is 14.0. The minimum Gasteiger partial charge on any atom is -0.478 e. The number of carboxylic acid groups (broad SMARTS) is 1. The molecule has 0 unspecified atom stereocenters. The van der Waals surface area contributed by atoms with Crippen LogP contribution in [-0.2, 0) is 0 Å². The number of nitrogens with zero attached hydrogens (tertiary/aromatic N) is 3. The van der Waals surface area contributed by atoms with Crippen molar-refractivity contribution in [2.45, 2.75) is 19.3 Å². The van der Waals surface area contributed by atoms with Gasteiger partial charge in [0.15, 0.2) is 0 Å². The van der Waals surface area contributed by atoms with Crippen molar-refractivity contribution in [3.63, 3.8) is 0 Å². The number of aromatic amines is 1.